The van der Waals surface area contributed by atoms with Gasteiger partial charge >= 0.3 is 5.97 Å². The van der Waals surface area contributed by atoms with Crippen molar-refractivity contribution in [3.05, 3.63) is 77.4 Å². The molecular formula is C33H40N2O7. The predicted molar refractivity (Wildman–Crippen MR) is 162 cm³/mol. The van der Waals surface area contributed by atoms with Crippen LogP contribution in [0.25, 0.3) is 0 Å². The molecule has 0 unspecified atom stereocenters. The molecule has 0 bridgehead atoms. The van der Waals surface area contributed by atoms with E-state index in [2.05, 4.69) is 45.1 Å². The molecule has 0 saturated carbocycles. The number of nitrogens with zero attached hydrogens (tertiary/aromatic N) is 1. The van der Waals surface area contributed by atoms with Crippen molar-refractivity contribution in [2.75, 3.05) is 27.9 Å². The van der Waals surface area contributed by atoms with Gasteiger partial charge in [0.15, 0.2) is 18.1 Å². The number of hydrogen-bond donors (Lipinski definition) is 1. The van der Waals surface area contributed by atoms with Crippen molar-refractivity contribution in [3.63, 3.8) is 0 Å². The highest BCUT2D eigenvalue weighted by Crippen LogP contribution is 2.39. The molecule has 3 rings (SSSR count). The van der Waals surface area contributed by atoms with Crippen molar-refractivity contribution in [2.24, 2.45) is 10.5 Å². The molecule has 3 aromatic carbocycles. The maximum Gasteiger partial charge on any atom is 0.343 e. The van der Waals surface area contributed by atoms with Gasteiger partial charge in [-0.25, -0.2) is 10.2 Å². The third-order valence-corrected chi connectivity index (χ3v) is 6.35. The van der Waals surface area contributed by atoms with Gasteiger partial charge in [0.25, 0.3) is 5.91 Å². The molecule has 9 nitrogen and oxygen atoms in total. The Labute approximate surface area is 247 Å². The number of hydrogen-bond acceptors (Lipinski definition) is 8. The number of hydrazone groups is 1. The van der Waals surface area contributed by atoms with Crippen LogP contribution in [-0.4, -0.2) is 46.0 Å². The molecule has 0 heterocycles. The lowest BCUT2D eigenvalue weighted by Gasteiger charge is -2.33. The van der Waals surface area contributed by atoms with E-state index in [0.717, 1.165) is 6.42 Å². The van der Waals surface area contributed by atoms with E-state index < -0.39 is 11.9 Å². The summed E-state index contributed by atoms with van der Waals surface area (Å²) in [6, 6.07) is 17.6. The van der Waals surface area contributed by atoms with Crippen LogP contribution in [0, 0.1) is 5.41 Å². The van der Waals surface area contributed by atoms with Crippen LogP contribution in [0.15, 0.2) is 65.8 Å². The molecule has 0 radical (unpaired) electrons. The summed E-state index contributed by atoms with van der Waals surface area (Å²) in [5.74, 6) is 0.916. The van der Waals surface area contributed by atoms with E-state index in [-0.39, 0.29) is 23.0 Å². The van der Waals surface area contributed by atoms with Crippen LogP contribution in [-0.2, 0) is 10.2 Å². The predicted octanol–water partition coefficient (Wildman–Crippen LogP) is 6.17. The highest BCUT2D eigenvalue weighted by Gasteiger charge is 2.27. The monoisotopic (exact) mass is 576 g/mol. The van der Waals surface area contributed by atoms with Gasteiger partial charge in [-0.05, 0) is 64.8 Å². The Hall–Kier alpha value is -4.53. The molecule has 1 amide bonds. The highest BCUT2D eigenvalue weighted by atomic mass is 16.5. The molecule has 0 aromatic heterocycles. The quantitative estimate of drug-likeness (QED) is 0.119. The number of carbonyl (C=O) groups is 2. The van der Waals surface area contributed by atoms with Crippen LogP contribution in [0.5, 0.6) is 28.7 Å². The van der Waals surface area contributed by atoms with Gasteiger partial charge < -0.3 is 23.7 Å². The average Bonchev–Trinajstić information content (AvgIpc) is 2.94. The summed E-state index contributed by atoms with van der Waals surface area (Å²) in [4.78, 5) is 25.1. The molecular weight excluding hydrogens is 536 g/mol. The number of carbonyl (C=O) groups excluding carboxylic acids is 2. The lowest BCUT2D eigenvalue weighted by atomic mass is 9.72. The van der Waals surface area contributed by atoms with Crippen LogP contribution in [0.1, 0.15) is 62.5 Å². The smallest absolute Gasteiger partial charge is 0.343 e. The topological polar surface area (TPSA) is 105 Å². The van der Waals surface area contributed by atoms with E-state index in [9.17, 15) is 9.59 Å². The third kappa shape index (κ3) is 8.99. The van der Waals surface area contributed by atoms with Gasteiger partial charge in [0.2, 0.25) is 5.75 Å². The van der Waals surface area contributed by atoms with Gasteiger partial charge in [-0.2, -0.15) is 5.10 Å². The minimum atomic E-state index is -0.611. The largest absolute Gasteiger partial charge is 0.493 e. The van der Waals surface area contributed by atoms with Crippen molar-refractivity contribution < 1.29 is 33.3 Å². The van der Waals surface area contributed by atoms with Gasteiger partial charge in [-0.15, -0.1) is 0 Å². The van der Waals surface area contributed by atoms with Crippen molar-refractivity contribution in [1.29, 1.82) is 0 Å². The van der Waals surface area contributed by atoms with E-state index in [1.165, 1.54) is 45.2 Å². The molecule has 0 aliphatic rings. The summed E-state index contributed by atoms with van der Waals surface area (Å²) in [5.41, 5.74) is 4.73. The van der Waals surface area contributed by atoms with Crippen LogP contribution < -0.4 is 29.1 Å². The number of amides is 1. The fraction of sp³-hybridized carbons (Fsp3) is 0.364. The molecule has 0 fully saturated rings. The fourth-order valence-electron chi connectivity index (χ4n) is 4.81. The number of methoxy groups -OCH3 is 3. The van der Waals surface area contributed by atoms with Crippen molar-refractivity contribution in [1.82, 2.24) is 5.43 Å². The fourth-order valence-corrected chi connectivity index (χ4v) is 4.81. The van der Waals surface area contributed by atoms with Crippen molar-refractivity contribution in [3.8, 4) is 28.7 Å². The van der Waals surface area contributed by atoms with E-state index in [1.54, 1.807) is 24.3 Å². The first-order valence-corrected chi connectivity index (χ1v) is 13.5. The Balaban J connectivity index is 1.54. The van der Waals surface area contributed by atoms with Crippen LogP contribution in [0.2, 0.25) is 0 Å². The summed E-state index contributed by atoms with van der Waals surface area (Å²) in [6.07, 6.45) is 2.49. The molecule has 42 heavy (non-hydrogen) atoms. The van der Waals surface area contributed by atoms with Gasteiger partial charge in [-0.3, -0.25) is 4.79 Å². The second kappa shape index (κ2) is 13.9. The zero-order valence-corrected chi connectivity index (χ0v) is 25.6. The molecule has 0 saturated heterocycles. The van der Waals surface area contributed by atoms with Crippen molar-refractivity contribution >= 4 is 18.1 Å². The number of ether oxygens (including phenoxy) is 5. The van der Waals surface area contributed by atoms with Crippen LogP contribution in [0.4, 0.5) is 0 Å². The summed E-state index contributed by atoms with van der Waals surface area (Å²) < 4.78 is 27.0. The van der Waals surface area contributed by atoms with E-state index in [0.29, 0.717) is 34.3 Å². The maximum atomic E-state index is 12.8. The molecule has 224 valence electrons. The Morgan fingerprint density at radius 2 is 1.48 bits per heavy atom. The molecule has 0 spiro atoms. The second-order valence-corrected chi connectivity index (χ2v) is 11.6. The number of benzene rings is 3. The normalized spacial score (nSPS) is 11.6. The lowest BCUT2D eigenvalue weighted by Crippen LogP contribution is -2.25. The first-order valence-electron chi connectivity index (χ1n) is 13.5. The van der Waals surface area contributed by atoms with Gasteiger partial charge in [0, 0.05) is 0 Å². The third-order valence-electron chi connectivity index (χ3n) is 6.35. The molecule has 9 heteroatoms. The average molecular weight is 577 g/mol. The Morgan fingerprint density at radius 3 is 2.05 bits per heavy atom. The molecule has 3 aromatic rings. The summed E-state index contributed by atoms with van der Waals surface area (Å²) in [5, 5.41) is 3.99. The number of esters is 1. The van der Waals surface area contributed by atoms with Gasteiger partial charge in [0.05, 0.1) is 33.1 Å². The van der Waals surface area contributed by atoms with Crippen molar-refractivity contribution in [2.45, 2.75) is 46.5 Å². The van der Waals surface area contributed by atoms with Crippen LogP contribution in [0.3, 0.4) is 0 Å². The number of rotatable bonds is 12. The standard InChI is InChI=1S/C33H40N2O7/c1-32(2,3)21-33(4,5)24-12-14-25(15-13-24)41-20-29(36)35-34-19-22-10-9-11-26(16-22)42-31(37)23-17-27(38-6)30(40-8)28(18-23)39-7/h9-19H,20-21H2,1-8H3,(H,35,36)/b34-19+. The zero-order chi connectivity index (χ0) is 30.9. The lowest BCUT2D eigenvalue weighted by molar-refractivity contribution is -0.123. The molecule has 1 N–H and O–H groups in total. The molecule has 0 atom stereocenters. The summed E-state index contributed by atoms with van der Waals surface area (Å²) >= 11 is 0. The summed E-state index contributed by atoms with van der Waals surface area (Å²) in [6.45, 7) is 11.0. The first-order chi connectivity index (χ1) is 19.8. The first kappa shape index (κ1) is 32.0. The van der Waals surface area contributed by atoms with E-state index >= 15 is 0 Å². The Morgan fingerprint density at radius 1 is 0.833 bits per heavy atom. The molecule has 0 aliphatic carbocycles. The minimum Gasteiger partial charge on any atom is -0.493 e. The minimum absolute atomic E-state index is 0.0231. The summed E-state index contributed by atoms with van der Waals surface area (Å²) in [7, 11) is 4.41. The highest BCUT2D eigenvalue weighted by molar-refractivity contribution is 5.93. The van der Waals surface area contributed by atoms with E-state index in [4.69, 9.17) is 23.7 Å². The molecule has 0 aliphatic heterocycles. The van der Waals surface area contributed by atoms with Gasteiger partial charge in [-0.1, -0.05) is 58.9 Å². The Kier molecular flexibility index (Phi) is 10.6. The second-order valence-electron chi connectivity index (χ2n) is 11.6. The SMILES string of the molecule is COc1cc(C(=O)Oc2cccc(/C=N/NC(=O)COc3ccc(C(C)(C)CC(C)(C)C)cc3)c2)cc(OC)c1OC. The van der Waals surface area contributed by atoms with Gasteiger partial charge in [0.1, 0.15) is 11.5 Å². The zero-order valence-electron chi connectivity index (χ0n) is 25.6. The van der Waals surface area contributed by atoms with E-state index in [1.807, 2.05) is 24.3 Å². The van der Waals surface area contributed by atoms with Crippen LogP contribution >= 0.6 is 0 Å². The maximum absolute atomic E-state index is 12.8. The number of nitrogens with one attached hydrogen (secondary N) is 1. The Bertz CT molecular complexity index is 1380.